The molecule has 1 aliphatic heterocycles. The number of carbonyl (C=O) groups is 1. The smallest absolute Gasteiger partial charge is 0.422 e. The third-order valence-corrected chi connectivity index (χ3v) is 3.82. The number of ether oxygens (including phenoxy) is 2. The standard InChI is InChI=1S/C19H17F3O3/c1-18(2)10-16(23)15-7-6-13(9-17(15)25-18)12-4-3-5-14(8-12)24-11-19(20,21)22/h3-9H,10-11H2,1-2H3. The second-order valence-corrected chi connectivity index (χ2v) is 6.60. The summed E-state index contributed by atoms with van der Waals surface area (Å²) in [6.07, 6.45) is -4.08. The summed E-state index contributed by atoms with van der Waals surface area (Å²) < 4.78 is 47.5. The van der Waals surface area contributed by atoms with E-state index < -0.39 is 18.4 Å². The molecule has 6 heteroatoms. The van der Waals surface area contributed by atoms with E-state index in [4.69, 9.17) is 9.47 Å². The minimum atomic E-state index is -4.39. The predicted octanol–water partition coefficient (Wildman–Crippen LogP) is 5.04. The van der Waals surface area contributed by atoms with Gasteiger partial charge in [-0.15, -0.1) is 0 Å². The summed E-state index contributed by atoms with van der Waals surface area (Å²) in [4.78, 5) is 12.2. The fourth-order valence-corrected chi connectivity index (χ4v) is 2.76. The van der Waals surface area contributed by atoms with E-state index in [2.05, 4.69) is 0 Å². The summed E-state index contributed by atoms with van der Waals surface area (Å²) in [6.45, 7) is 2.34. The molecule has 1 heterocycles. The van der Waals surface area contributed by atoms with Crippen LogP contribution in [0.5, 0.6) is 11.5 Å². The van der Waals surface area contributed by atoms with Crippen LogP contribution in [0.15, 0.2) is 42.5 Å². The second kappa shape index (κ2) is 6.10. The van der Waals surface area contributed by atoms with Crippen LogP contribution in [0.1, 0.15) is 30.6 Å². The topological polar surface area (TPSA) is 35.5 Å². The molecule has 25 heavy (non-hydrogen) atoms. The predicted molar refractivity (Wildman–Crippen MR) is 87.1 cm³/mol. The Morgan fingerprint density at radius 2 is 1.84 bits per heavy atom. The van der Waals surface area contributed by atoms with Crippen LogP contribution >= 0.6 is 0 Å². The molecule has 0 saturated heterocycles. The molecule has 3 rings (SSSR count). The van der Waals surface area contributed by atoms with Gasteiger partial charge in [0.2, 0.25) is 0 Å². The minimum Gasteiger partial charge on any atom is -0.487 e. The van der Waals surface area contributed by atoms with Crippen molar-refractivity contribution in [2.75, 3.05) is 6.61 Å². The Kier molecular flexibility index (Phi) is 4.22. The summed E-state index contributed by atoms with van der Waals surface area (Å²) in [5, 5.41) is 0. The monoisotopic (exact) mass is 350 g/mol. The lowest BCUT2D eigenvalue weighted by Gasteiger charge is -2.31. The third kappa shape index (κ3) is 4.13. The molecule has 2 aromatic rings. The quantitative estimate of drug-likeness (QED) is 0.778. The number of benzene rings is 2. The van der Waals surface area contributed by atoms with Gasteiger partial charge in [-0.25, -0.2) is 0 Å². The summed E-state index contributed by atoms with van der Waals surface area (Å²) >= 11 is 0. The van der Waals surface area contributed by atoms with Gasteiger partial charge in [0, 0.05) is 0 Å². The fourth-order valence-electron chi connectivity index (χ4n) is 2.76. The molecule has 3 nitrogen and oxygen atoms in total. The zero-order valence-corrected chi connectivity index (χ0v) is 13.8. The maximum absolute atomic E-state index is 12.3. The van der Waals surface area contributed by atoms with Crippen LogP contribution < -0.4 is 9.47 Å². The van der Waals surface area contributed by atoms with E-state index in [0.29, 0.717) is 23.3 Å². The fraction of sp³-hybridized carbons (Fsp3) is 0.316. The van der Waals surface area contributed by atoms with Gasteiger partial charge in [-0.1, -0.05) is 18.2 Å². The average molecular weight is 350 g/mol. The molecule has 132 valence electrons. The molecule has 2 aromatic carbocycles. The molecule has 0 spiro atoms. The van der Waals surface area contributed by atoms with Gasteiger partial charge in [0.05, 0.1) is 12.0 Å². The van der Waals surface area contributed by atoms with Crippen molar-refractivity contribution in [3.8, 4) is 22.6 Å². The lowest BCUT2D eigenvalue weighted by molar-refractivity contribution is -0.153. The van der Waals surface area contributed by atoms with E-state index in [-0.39, 0.29) is 11.5 Å². The first-order valence-corrected chi connectivity index (χ1v) is 7.79. The zero-order chi connectivity index (χ0) is 18.2. The number of hydrogen-bond acceptors (Lipinski definition) is 3. The summed E-state index contributed by atoms with van der Waals surface area (Å²) in [6, 6.07) is 11.6. The van der Waals surface area contributed by atoms with Crippen molar-refractivity contribution in [2.24, 2.45) is 0 Å². The zero-order valence-electron chi connectivity index (χ0n) is 13.8. The van der Waals surface area contributed by atoms with Crippen molar-refractivity contribution in [3.63, 3.8) is 0 Å². The first-order valence-electron chi connectivity index (χ1n) is 7.79. The molecular weight excluding hydrogens is 333 g/mol. The Bertz CT molecular complexity index is 810. The maximum atomic E-state index is 12.3. The highest BCUT2D eigenvalue weighted by atomic mass is 19.4. The molecule has 0 atom stereocenters. The number of Topliss-reactive ketones (excluding diaryl/α,β-unsaturated/α-hetero) is 1. The van der Waals surface area contributed by atoms with E-state index >= 15 is 0 Å². The van der Waals surface area contributed by atoms with Crippen molar-refractivity contribution in [3.05, 3.63) is 48.0 Å². The van der Waals surface area contributed by atoms with Crippen molar-refractivity contribution in [2.45, 2.75) is 32.0 Å². The van der Waals surface area contributed by atoms with E-state index in [1.54, 1.807) is 30.3 Å². The van der Waals surface area contributed by atoms with Gasteiger partial charge in [-0.05, 0) is 49.2 Å². The molecule has 0 radical (unpaired) electrons. The number of alkyl halides is 3. The molecular formula is C19H17F3O3. The van der Waals surface area contributed by atoms with Crippen LogP contribution in [0.3, 0.4) is 0 Å². The lowest BCUT2D eigenvalue weighted by atomic mass is 9.91. The summed E-state index contributed by atoms with van der Waals surface area (Å²) in [7, 11) is 0. The molecule has 0 saturated carbocycles. The Morgan fingerprint density at radius 1 is 1.12 bits per heavy atom. The van der Waals surface area contributed by atoms with E-state index in [0.717, 1.165) is 5.56 Å². The Hall–Kier alpha value is -2.50. The molecule has 0 aromatic heterocycles. The Morgan fingerprint density at radius 3 is 2.56 bits per heavy atom. The molecule has 0 fully saturated rings. The highest BCUT2D eigenvalue weighted by Gasteiger charge is 2.32. The molecule has 0 unspecified atom stereocenters. The normalized spacial score (nSPS) is 16.1. The molecule has 0 aliphatic carbocycles. The van der Waals surface area contributed by atoms with E-state index in [1.165, 1.54) is 12.1 Å². The van der Waals surface area contributed by atoms with Crippen molar-refractivity contribution in [1.29, 1.82) is 0 Å². The van der Waals surface area contributed by atoms with Crippen molar-refractivity contribution in [1.82, 2.24) is 0 Å². The number of rotatable bonds is 3. The van der Waals surface area contributed by atoms with Gasteiger partial charge in [-0.2, -0.15) is 13.2 Å². The van der Waals surface area contributed by atoms with Gasteiger partial charge in [0.1, 0.15) is 17.1 Å². The van der Waals surface area contributed by atoms with Crippen LogP contribution in [-0.4, -0.2) is 24.2 Å². The van der Waals surface area contributed by atoms with Gasteiger partial charge in [0.15, 0.2) is 12.4 Å². The lowest BCUT2D eigenvalue weighted by Crippen LogP contribution is -2.35. The van der Waals surface area contributed by atoms with E-state index in [1.807, 2.05) is 13.8 Å². The number of halogens is 3. The maximum Gasteiger partial charge on any atom is 0.422 e. The molecule has 0 amide bonds. The first kappa shape index (κ1) is 17.3. The largest absolute Gasteiger partial charge is 0.487 e. The second-order valence-electron chi connectivity index (χ2n) is 6.60. The van der Waals surface area contributed by atoms with Crippen LogP contribution in [-0.2, 0) is 0 Å². The van der Waals surface area contributed by atoms with E-state index in [9.17, 15) is 18.0 Å². The van der Waals surface area contributed by atoms with Gasteiger partial charge in [-0.3, -0.25) is 4.79 Å². The van der Waals surface area contributed by atoms with Crippen LogP contribution in [0.2, 0.25) is 0 Å². The number of hydrogen-bond donors (Lipinski definition) is 0. The average Bonchev–Trinajstić information content (AvgIpc) is 2.51. The van der Waals surface area contributed by atoms with Crippen LogP contribution in [0.25, 0.3) is 11.1 Å². The number of carbonyl (C=O) groups excluding carboxylic acids is 1. The van der Waals surface area contributed by atoms with Crippen LogP contribution in [0, 0.1) is 0 Å². The molecule has 1 aliphatic rings. The third-order valence-electron chi connectivity index (χ3n) is 3.82. The minimum absolute atomic E-state index is 0.0139. The number of fused-ring (bicyclic) bond motifs is 1. The molecule has 0 N–H and O–H groups in total. The van der Waals surface area contributed by atoms with Crippen molar-refractivity contribution < 1.29 is 27.4 Å². The summed E-state index contributed by atoms with van der Waals surface area (Å²) in [5.74, 6) is 0.630. The SMILES string of the molecule is CC1(C)CC(=O)c2ccc(-c3cccc(OCC(F)(F)F)c3)cc2O1. The van der Waals surface area contributed by atoms with Gasteiger partial charge in [0.25, 0.3) is 0 Å². The van der Waals surface area contributed by atoms with Gasteiger partial charge < -0.3 is 9.47 Å². The summed E-state index contributed by atoms with van der Waals surface area (Å²) in [5.41, 5.74) is 1.36. The Labute approximate surface area is 143 Å². The van der Waals surface area contributed by atoms with Crippen molar-refractivity contribution >= 4 is 5.78 Å². The first-order chi connectivity index (χ1) is 11.6. The van der Waals surface area contributed by atoms with Gasteiger partial charge >= 0.3 is 6.18 Å². The Balaban J connectivity index is 1.89. The highest BCUT2D eigenvalue weighted by molar-refractivity contribution is 6.00. The number of ketones is 1. The van der Waals surface area contributed by atoms with Crippen LogP contribution in [0.4, 0.5) is 13.2 Å². The molecule has 0 bridgehead atoms. The highest BCUT2D eigenvalue weighted by Crippen LogP contribution is 2.36.